The minimum atomic E-state index is -4.75. The summed E-state index contributed by atoms with van der Waals surface area (Å²) in [6.07, 6.45) is 0.398. The van der Waals surface area contributed by atoms with Crippen LogP contribution >= 0.6 is 0 Å². The van der Waals surface area contributed by atoms with E-state index in [1.807, 2.05) is 30.3 Å². The second-order valence-electron chi connectivity index (χ2n) is 7.09. The van der Waals surface area contributed by atoms with Crippen molar-refractivity contribution in [3.63, 3.8) is 0 Å². The van der Waals surface area contributed by atoms with E-state index < -0.39 is 23.7 Å². The van der Waals surface area contributed by atoms with Gasteiger partial charge in [0.15, 0.2) is 12.0 Å². The van der Waals surface area contributed by atoms with E-state index in [-0.39, 0.29) is 5.56 Å². The highest BCUT2D eigenvalue weighted by atomic mass is 19.4. The number of anilines is 1. The van der Waals surface area contributed by atoms with E-state index in [0.29, 0.717) is 28.6 Å². The number of alkyl halides is 3. The molecule has 1 aliphatic heterocycles. The molecule has 0 saturated carbocycles. The van der Waals surface area contributed by atoms with E-state index in [9.17, 15) is 17.6 Å². The second-order valence-corrected chi connectivity index (χ2v) is 7.09. The number of nitrogens with zero attached hydrogens (tertiary/aromatic N) is 5. The lowest BCUT2D eigenvalue weighted by atomic mass is 10.0. The van der Waals surface area contributed by atoms with E-state index in [2.05, 4.69) is 15.1 Å². The number of hydrogen-bond donors (Lipinski definition) is 0. The van der Waals surface area contributed by atoms with Crippen LogP contribution in [0.15, 0.2) is 84.1 Å². The van der Waals surface area contributed by atoms with Crippen LogP contribution in [0.5, 0.6) is 0 Å². The lowest BCUT2D eigenvalue weighted by Gasteiger charge is -2.31. The first-order valence-corrected chi connectivity index (χ1v) is 9.67. The van der Waals surface area contributed by atoms with Crippen LogP contribution in [0, 0.1) is 5.82 Å². The molecule has 0 N–H and O–H groups in total. The van der Waals surface area contributed by atoms with Crippen molar-refractivity contribution in [1.29, 1.82) is 0 Å². The molecule has 9 heteroatoms. The Labute approximate surface area is 180 Å². The largest absolute Gasteiger partial charge is 0.416 e. The first-order chi connectivity index (χ1) is 15.4. The zero-order valence-electron chi connectivity index (χ0n) is 16.4. The van der Waals surface area contributed by atoms with Gasteiger partial charge in [-0.1, -0.05) is 24.3 Å². The van der Waals surface area contributed by atoms with Crippen LogP contribution in [-0.2, 0) is 6.18 Å². The van der Waals surface area contributed by atoms with Crippen molar-refractivity contribution in [2.75, 3.05) is 4.90 Å². The van der Waals surface area contributed by atoms with Crippen molar-refractivity contribution in [2.24, 2.45) is 4.99 Å². The first-order valence-electron chi connectivity index (χ1n) is 9.67. The van der Waals surface area contributed by atoms with Gasteiger partial charge in [-0.25, -0.2) is 9.07 Å². The molecule has 1 aliphatic rings. The van der Waals surface area contributed by atoms with Crippen LogP contribution in [0.4, 0.5) is 23.4 Å². The third kappa shape index (κ3) is 3.41. The summed E-state index contributed by atoms with van der Waals surface area (Å²) in [4.78, 5) is 10.3. The van der Waals surface area contributed by atoms with Crippen LogP contribution in [0.2, 0.25) is 0 Å². The van der Waals surface area contributed by atoms with Crippen molar-refractivity contribution in [3.8, 4) is 5.69 Å². The Morgan fingerprint density at radius 2 is 1.75 bits per heavy atom. The van der Waals surface area contributed by atoms with Gasteiger partial charge in [-0.05, 0) is 42.5 Å². The number of fused-ring (bicyclic) bond motifs is 1. The number of benzene rings is 2. The topological polar surface area (TPSA) is 46.3 Å². The number of para-hydroxylation sites is 1. The Kier molecular flexibility index (Phi) is 4.73. The number of allylic oxidation sites excluding steroid dienone is 1. The highest BCUT2D eigenvalue weighted by molar-refractivity contribution is 5.89. The fourth-order valence-corrected chi connectivity index (χ4v) is 3.72. The number of halogens is 4. The Hall–Kier alpha value is -4.01. The van der Waals surface area contributed by atoms with Gasteiger partial charge in [-0.15, -0.1) is 0 Å². The Morgan fingerprint density at radius 1 is 0.938 bits per heavy atom. The quantitative estimate of drug-likeness (QED) is 0.388. The second kappa shape index (κ2) is 7.60. The van der Waals surface area contributed by atoms with E-state index in [0.717, 1.165) is 12.1 Å². The number of rotatable bonds is 3. The van der Waals surface area contributed by atoms with Gasteiger partial charge in [0, 0.05) is 24.2 Å². The molecule has 3 heterocycles. The molecule has 0 bridgehead atoms. The van der Waals surface area contributed by atoms with Crippen LogP contribution in [0.3, 0.4) is 0 Å². The average molecular weight is 437 g/mol. The third-order valence-electron chi connectivity index (χ3n) is 5.07. The predicted octanol–water partition coefficient (Wildman–Crippen LogP) is 5.68. The number of aliphatic imine (C=N–C) groups is 1. The molecular weight excluding hydrogens is 422 g/mol. The Morgan fingerprint density at radius 3 is 2.53 bits per heavy atom. The van der Waals surface area contributed by atoms with E-state index in [4.69, 9.17) is 0 Å². The summed E-state index contributed by atoms with van der Waals surface area (Å²) in [6, 6.07) is 15.3. The molecule has 160 valence electrons. The zero-order valence-corrected chi connectivity index (χ0v) is 16.4. The standard InChI is InChI=1S/C23H15F4N5/c24-15-9-10-17(18(14-15)23(25,26)27)21-29-12-5-13-31(21)22-20-19(8-4-11-28-20)30-32(22)16-6-2-1-3-7-16/h1-14,21H. The molecule has 0 amide bonds. The van der Waals surface area contributed by atoms with E-state index in [1.54, 1.807) is 40.2 Å². The van der Waals surface area contributed by atoms with Gasteiger partial charge in [0.25, 0.3) is 0 Å². The molecule has 0 fully saturated rings. The van der Waals surface area contributed by atoms with Gasteiger partial charge in [-0.3, -0.25) is 9.98 Å². The molecule has 1 unspecified atom stereocenters. The number of aromatic nitrogens is 3. The van der Waals surface area contributed by atoms with Gasteiger partial charge >= 0.3 is 6.18 Å². The van der Waals surface area contributed by atoms with Crippen molar-refractivity contribution in [1.82, 2.24) is 14.8 Å². The van der Waals surface area contributed by atoms with Gasteiger partial charge in [0.05, 0.1) is 11.3 Å². The predicted molar refractivity (Wildman–Crippen MR) is 113 cm³/mol. The molecule has 2 aromatic heterocycles. The van der Waals surface area contributed by atoms with Crippen molar-refractivity contribution < 1.29 is 17.6 Å². The van der Waals surface area contributed by atoms with Crippen LogP contribution in [0.1, 0.15) is 17.3 Å². The van der Waals surface area contributed by atoms with Gasteiger partial charge < -0.3 is 4.90 Å². The minimum Gasteiger partial charge on any atom is -0.304 e. The fraction of sp³-hybridized carbons (Fsp3) is 0.0870. The maximum Gasteiger partial charge on any atom is 0.416 e. The Balaban J connectivity index is 1.74. The number of hydrogen-bond acceptors (Lipinski definition) is 4. The molecular formula is C23H15F4N5. The highest BCUT2D eigenvalue weighted by Crippen LogP contribution is 2.41. The summed E-state index contributed by atoms with van der Waals surface area (Å²) in [6.45, 7) is 0. The summed E-state index contributed by atoms with van der Waals surface area (Å²) in [5, 5.41) is 4.62. The monoisotopic (exact) mass is 437 g/mol. The van der Waals surface area contributed by atoms with Crippen molar-refractivity contribution in [3.05, 3.63) is 96.1 Å². The molecule has 0 radical (unpaired) electrons. The lowest BCUT2D eigenvalue weighted by molar-refractivity contribution is -0.138. The summed E-state index contributed by atoms with van der Waals surface area (Å²) in [7, 11) is 0. The molecule has 4 aromatic rings. The van der Waals surface area contributed by atoms with Gasteiger partial charge in [-0.2, -0.15) is 18.3 Å². The van der Waals surface area contributed by atoms with Crippen LogP contribution in [0.25, 0.3) is 16.7 Å². The normalized spacial score (nSPS) is 16.1. The molecule has 5 nitrogen and oxygen atoms in total. The highest BCUT2D eigenvalue weighted by Gasteiger charge is 2.38. The maximum atomic E-state index is 13.8. The zero-order chi connectivity index (χ0) is 22.3. The molecule has 1 atom stereocenters. The smallest absolute Gasteiger partial charge is 0.304 e. The van der Waals surface area contributed by atoms with Crippen LogP contribution in [-0.4, -0.2) is 21.0 Å². The minimum absolute atomic E-state index is 0.176. The van der Waals surface area contributed by atoms with E-state index in [1.165, 1.54) is 6.21 Å². The summed E-state index contributed by atoms with van der Waals surface area (Å²) in [5.74, 6) is -0.522. The van der Waals surface area contributed by atoms with Gasteiger partial charge in [0.1, 0.15) is 16.9 Å². The Bertz CT molecular complexity index is 1340. The summed E-state index contributed by atoms with van der Waals surface area (Å²) < 4.78 is 56.6. The summed E-state index contributed by atoms with van der Waals surface area (Å²) in [5.41, 5.74) is 0.520. The first kappa shape index (κ1) is 19.9. The number of pyridine rings is 1. The van der Waals surface area contributed by atoms with Gasteiger partial charge in [0.2, 0.25) is 0 Å². The average Bonchev–Trinajstić information content (AvgIpc) is 3.19. The molecule has 0 saturated heterocycles. The third-order valence-corrected chi connectivity index (χ3v) is 5.07. The molecule has 2 aromatic carbocycles. The summed E-state index contributed by atoms with van der Waals surface area (Å²) >= 11 is 0. The van der Waals surface area contributed by atoms with E-state index >= 15 is 0 Å². The van der Waals surface area contributed by atoms with Crippen molar-refractivity contribution >= 4 is 23.1 Å². The molecule has 5 rings (SSSR count). The fourth-order valence-electron chi connectivity index (χ4n) is 3.72. The van der Waals surface area contributed by atoms with Crippen LogP contribution < -0.4 is 4.90 Å². The molecule has 0 aliphatic carbocycles. The molecule has 32 heavy (non-hydrogen) atoms. The lowest BCUT2D eigenvalue weighted by Crippen LogP contribution is -2.28. The van der Waals surface area contributed by atoms with Crippen molar-refractivity contribution in [2.45, 2.75) is 12.3 Å². The maximum absolute atomic E-state index is 13.8. The SMILES string of the molecule is Fc1ccc(C2N=CC=CN2c2c3ncccc3nn2-c2ccccc2)c(C(F)(F)F)c1. The molecule has 0 spiro atoms.